The van der Waals surface area contributed by atoms with Crippen LogP contribution in [0.2, 0.25) is 0 Å². The van der Waals surface area contributed by atoms with E-state index in [0.717, 1.165) is 29.9 Å². The van der Waals surface area contributed by atoms with Crippen molar-refractivity contribution >= 4 is 28.7 Å². The number of nitriles is 1. The Labute approximate surface area is 149 Å². The second kappa shape index (κ2) is 6.31. The van der Waals surface area contributed by atoms with E-state index in [1.54, 1.807) is 22.7 Å². The second-order valence-electron chi connectivity index (χ2n) is 5.83. The molecule has 4 rings (SSSR count). The zero-order valence-electron chi connectivity index (χ0n) is 13.0. The van der Waals surface area contributed by atoms with E-state index in [-0.39, 0.29) is 11.8 Å². The molecule has 2 N–H and O–H groups in total. The van der Waals surface area contributed by atoms with Crippen LogP contribution in [0, 0.1) is 11.3 Å². The van der Waals surface area contributed by atoms with Gasteiger partial charge in [0.25, 0.3) is 0 Å². The highest BCUT2D eigenvalue weighted by molar-refractivity contribution is 7.10. The predicted octanol–water partition coefficient (Wildman–Crippen LogP) is 5.14. The maximum atomic E-state index is 9.60. The zero-order chi connectivity index (χ0) is 16.5. The topological polar surface area (TPSA) is 59.0 Å². The molecule has 0 bridgehead atoms. The van der Waals surface area contributed by atoms with Gasteiger partial charge in [-0.1, -0.05) is 12.1 Å². The average molecular weight is 352 g/mol. The van der Waals surface area contributed by atoms with E-state index in [0.29, 0.717) is 5.57 Å². The predicted molar refractivity (Wildman–Crippen MR) is 98.1 cm³/mol. The molecule has 0 radical (unpaired) electrons. The molecule has 1 aliphatic carbocycles. The highest BCUT2D eigenvalue weighted by atomic mass is 32.1. The summed E-state index contributed by atoms with van der Waals surface area (Å²) in [5, 5.41) is 13.7. The summed E-state index contributed by atoms with van der Waals surface area (Å²) in [6.45, 7) is 0. The van der Waals surface area contributed by atoms with Crippen molar-refractivity contribution in [2.75, 3.05) is 0 Å². The highest BCUT2D eigenvalue weighted by Gasteiger charge is 2.35. The van der Waals surface area contributed by atoms with Gasteiger partial charge in [-0.05, 0) is 59.4 Å². The molecule has 0 saturated carbocycles. The van der Waals surface area contributed by atoms with Crippen molar-refractivity contribution < 1.29 is 4.74 Å². The van der Waals surface area contributed by atoms with Crippen LogP contribution in [0.3, 0.4) is 0 Å². The highest BCUT2D eigenvalue weighted by Crippen LogP contribution is 2.47. The van der Waals surface area contributed by atoms with E-state index in [9.17, 15) is 5.26 Å². The molecule has 5 heteroatoms. The van der Waals surface area contributed by atoms with Crippen molar-refractivity contribution in [3.05, 3.63) is 73.1 Å². The van der Waals surface area contributed by atoms with Crippen LogP contribution in [0.1, 0.15) is 34.9 Å². The minimum absolute atomic E-state index is 0.0641. The molecule has 0 unspecified atom stereocenters. The average Bonchev–Trinajstić information content (AvgIpc) is 3.28. The van der Waals surface area contributed by atoms with Gasteiger partial charge in [0.1, 0.15) is 17.4 Å². The maximum absolute atomic E-state index is 9.60. The lowest BCUT2D eigenvalue weighted by atomic mass is 9.79. The normalized spacial score (nSPS) is 22.3. The molecule has 2 aromatic rings. The van der Waals surface area contributed by atoms with Gasteiger partial charge in [-0.15, -0.1) is 22.7 Å². The Morgan fingerprint density at radius 3 is 2.75 bits per heavy atom. The summed E-state index contributed by atoms with van der Waals surface area (Å²) in [4.78, 5) is 2.37. The summed E-state index contributed by atoms with van der Waals surface area (Å²) in [5.74, 6) is 1.06. The third-order valence-electron chi connectivity index (χ3n) is 4.40. The van der Waals surface area contributed by atoms with Gasteiger partial charge in [-0.3, -0.25) is 0 Å². The number of rotatable bonds is 2. The lowest BCUT2D eigenvalue weighted by molar-refractivity contribution is 0.277. The molecule has 2 aliphatic rings. The second-order valence-corrected chi connectivity index (χ2v) is 7.79. The Balaban J connectivity index is 1.84. The molecule has 3 heterocycles. The fraction of sp³-hybridized carbons (Fsp3) is 0.211. The molecule has 0 saturated heterocycles. The summed E-state index contributed by atoms with van der Waals surface area (Å²) in [5.41, 5.74) is 9.02. The third kappa shape index (κ3) is 2.58. The Morgan fingerprint density at radius 2 is 2.04 bits per heavy atom. The number of hydrogen-bond donors (Lipinski definition) is 1. The molecule has 24 heavy (non-hydrogen) atoms. The smallest absolute Gasteiger partial charge is 0.205 e. The van der Waals surface area contributed by atoms with Gasteiger partial charge in [0.15, 0.2) is 0 Å². The van der Waals surface area contributed by atoms with Crippen molar-refractivity contribution in [3.63, 3.8) is 0 Å². The number of ether oxygens (including phenoxy) is 1. The van der Waals surface area contributed by atoms with E-state index in [2.05, 4.69) is 29.7 Å². The molecule has 3 nitrogen and oxygen atoms in total. The fourth-order valence-electron chi connectivity index (χ4n) is 3.36. The van der Waals surface area contributed by atoms with Gasteiger partial charge in [-0.2, -0.15) is 5.26 Å². The summed E-state index contributed by atoms with van der Waals surface area (Å²) >= 11 is 3.38. The van der Waals surface area contributed by atoms with Crippen LogP contribution in [0.15, 0.2) is 63.4 Å². The van der Waals surface area contributed by atoms with Crippen LogP contribution < -0.4 is 5.73 Å². The quantitative estimate of drug-likeness (QED) is 0.814. The van der Waals surface area contributed by atoms with Crippen LogP contribution in [-0.4, -0.2) is 0 Å². The third-order valence-corrected chi connectivity index (χ3v) is 6.15. The first-order chi connectivity index (χ1) is 11.8. The fourth-order valence-corrected chi connectivity index (χ4v) is 4.91. The largest absolute Gasteiger partial charge is 0.440 e. The van der Waals surface area contributed by atoms with Gasteiger partial charge in [0, 0.05) is 9.75 Å². The zero-order valence-corrected chi connectivity index (χ0v) is 14.6. The molecular formula is C19H16N2OS2. The minimum Gasteiger partial charge on any atom is -0.440 e. The molecule has 0 aromatic carbocycles. The first kappa shape index (κ1) is 15.3. The Kier molecular flexibility index (Phi) is 4.01. The molecule has 1 atom stereocenters. The van der Waals surface area contributed by atoms with Gasteiger partial charge in [0.2, 0.25) is 5.88 Å². The number of nitrogens with two attached hydrogens (primary N) is 1. The molecular weight excluding hydrogens is 336 g/mol. The van der Waals surface area contributed by atoms with Gasteiger partial charge in [0.05, 0.1) is 5.92 Å². The molecule has 2 aromatic heterocycles. The van der Waals surface area contributed by atoms with E-state index in [1.165, 1.54) is 16.0 Å². The Bertz CT molecular complexity index is 880. The monoisotopic (exact) mass is 352 g/mol. The summed E-state index contributed by atoms with van der Waals surface area (Å²) < 4.78 is 5.94. The van der Waals surface area contributed by atoms with Crippen LogP contribution in [0.25, 0.3) is 6.08 Å². The molecule has 0 fully saturated rings. The van der Waals surface area contributed by atoms with E-state index >= 15 is 0 Å². The lowest BCUT2D eigenvalue weighted by Crippen LogP contribution is -2.23. The van der Waals surface area contributed by atoms with Crippen LogP contribution in [0.4, 0.5) is 0 Å². The summed E-state index contributed by atoms with van der Waals surface area (Å²) in [6.07, 6.45) is 5.18. The van der Waals surface area contributed by atoms with Crippen LogP contribution in [0.5, 0.6) is 0 Å². The van der Waals surface area contributed by atoms with E-state index in [1.807, 2.05) is 17.5 Å². The Morgan fingerprint density at radius 1 is 1.21 bits per heavy atom. The molecule has 1 aliphatic heterocycles. The molecule has 120 valence electrons. The minimum atomic E-state index is -0.0641. The van der Waals surface area contributed by atoms with Crippen molar-refractivity contribution in [2.24, 2.45) is 5.73 Å². The Hall–Kier alpha value is -2.29. The SMILES string of the molecule is N#CC1=C(N)OC2=C(CCC/C2=C/c2cccs2)[C@@H]1c1cccs1. The van der Waals surface area contributed by atoms with Gasteiger partial charge in [-0.25, -0.2) is 0 Å². The van der Waals surface area contributed by atoms with Crippen molar-refractivity contribution in [3.8, 4) is 6.07 Å². The lowest BCUT2D eigenvalue weighted by Gasteiger charge is -2.32. The number of thiophene rings is 2. The van der Waals surface area contributed by atoms with Crippen molar-refractivity contribution in [1.82, 2.24) is 0 Å². The number of hydrogen-bond acceptors (Lipinski definition) is 5. The van der Waals surface area contributed by atoms with Crippen LogP contribution in [-0.2, 0) is 4.74 Å². The number of allylic oxidation sites excluding steroid dienone is 3. The van der Waals surface area contributed by atoms with Crippen molar-refractivity contribution in [2.45, 2.75) is 25.2 Å². The van der Waals surface area contributed by atoms with Crippen LogP contribution >= 0.6 is 22.7 Å². The summed E-state index contributed by atoms with van der Waals surface area (Å²) in [7, 11) is 0. The van der Waals surface area contributed by atoms with Gasteiger partial charge >= 0.3 is 0 Å². The van der Waals surface area contributed by atoms with E-state index < -0.39 is 0 Å². The molecule has 0 spiro atoms. The number of nitrogens with zero attached hydrogens (tertiary/aromatic N) is 1. The molecule has 0 amide bonds. The summed E-state index contributed by atoms with van der Waals surface area (Å²) in [6, 6.07) is 10.5. The van der Waals surface area contributed by atoms with Crippen molar-refractivity contribution in [1.29, 1.82) is 5.26 Å². The maximum Gasteiger partial charge on any atom is 0.205 e. The first-order valence-corrected chi connectivity index (χ1v) is 9.62. The van der Waals surface area contributed by atoms with E-state index in [4.69, 9.17) is 10.5 Å². The van der Waals surface area contributed by atoms with Gasteiger partial charge < -0.3 is 10.5 Å². The standard InChI is InChI=1S/C19H16N2OS2/c20-11-15-17(16-7-3-9-24-16)14-6-1-4-12(18(14)22-19(15)21)10-13-5-2-8-23-13/h2-3,5,7-10,17H,1,4,6,21H2/b12-10-/t17-/m0/s1. The first-order valence-electron chi connectivity index (χ1n) is 7.86.